The fourth-order valence-corrected chi connectivity index (χ4v) is 2.13. The molecule has 5 nitrogen and oxygen atoms in total. The molecule has 6 heteroatoms. The number of hydrogen-bond acceptors (Lipinski definition) is 4. The van der Waals surface area contributed by atoms with E-state index in [2.05, 4.69) is 44.4 Å². The van der Waals surface area contributed by atoms with Crippen molar-refractivity contribution in [3.05, 3.63) is 59.2 Å². The van der Waals surface area contributed by atoms with Crippen LogP contribution in [0.5, 0.6) is 0 Å². The second-order valence-electron chi connectivity index (χ2n) is 4.24. The molecule has 2 rings (SSSR count). The van der Waals surface area contributed by atoms with Gasteiger partial charge in [0.05, 0.1) is 11.4 Å². The molecule has 0 aliphatic rings. The van der Waals surface area contributed by atoms with E-state index in [1.165, 1.54) is 0 Å². The van der Waals surface area contributed by atoms with Crippen molar-refractivity contribution < 1.29 is 4.79 Å². The molecule has 0 bridgehead atoms. The van der Waals surface area contributed by atoms with Gasteiger partial charge in [-0.2, -0.15) is 5.10 Å². The van der Waals surface area contributed by atoms with Crippen LogP contribution in [0.25, 0.3) is 5.57 Å². The molecule has 2 aromatic rings. The number of rotatable bonds is 4. The van der Waals surface area contributed by atoms with E-state index in [1.807, 2.05) is 25.1 Å². The Morgan fingerprint density at radius 1 is 1.40 bits per heavy atom. The van der Waals surface area contributed by atoms with Crippen LogP contribution >= 0.6 is 22.6 Å². The molecule has 0 saturated heterocycles. The third kappa shape index (κ3) is 3.01. The standard InChI is InChI=1S/C14H13IN4O/c1-8-4-3-5-12(17-8)9(2)11-6-10(7-15)18-19-13(11)14(16)20/h3-6H,2,7H2,1H3,(H2,16,20). The van der Waals surface area contributed by atoms with Crippen molar-refractivity contribution in [2.75, 3.05) is 0 Å². The van der Waals surface area contributed by atoms with Gasteiger partial charge in [-0.25, -0.2) is 0 Å². The molecule has 0 spiro atoms. The lowest BCUT2D eigenvalue weighted by Gasteiger charge is -2.10. The highest BCUT2D eigenvalue weighted by Crippen LogP contribution is 2.23. The van der Waals surface area contributed by atoms with Crippen LogP contribution in [-0.2, 0) is 4.43 Å². The third-order valence-electron chi connectivity index (χ3n) is 2.74. The van der Waals surface area contributed by atoms with Crippen molar-refractivity contribution >= 4 is 34.1 Å². The van der Waals surface area contributed by atoms with Crippen LogP contribution in [0.3, 0.4) is 0 Å². The first kappa shape index (κ1) is 14.6. The van der Waals surface area contributed by atoms with Crippen LogP contribution in [0.1, 0.15) is 33.1 Å². The SMILES string of the molecule is C=C(c1cccc(C)n1)c1cc(CI)nnc1C(N)=O. The smallest absolute Gasteiger partial charge is 0.269 e. The second-order valence-corrected chi connectivity index (χ2v) is 5.00. The van der Waals surface area contributed by atoms with Crippen LogP contribution in [-0.4, -0.2) is 21.1 Å². The first-order valence-electron chi connectivity index (χ1n) is 5.88. The zero-order chi connectivity index (χ0) is 14.7. The van der Waals surface area contributed by atoms with Crippen LogP contribution < -0.4 is 5.73 Å². The van der Waals surface area contributed by atoms with Crippen LogP contribution in [0.15, 0.2) is 30.8 Å². The second kappa shape index (κ2) is 6.08. The zero-order valence-corrected chi connectivity index (χ0v) is 13.1. The molecule has 0 radical (unpaired) electrons. The predicted octanol–water partition coefficient (Wildman–Crippen LogP) is 2.28. The van der Waals surface area contributed by atoms with E-state index < -0.39 is 5.91 Å². The number of hydrogen-bond donors (Lipinski definition) is 1. The number of carbonyl (C=O) groups is 1. The van der Waals surface area contributed by atoms with Gasteiger partial charge in [0.2, 0.25) is 0 Å². The number of amides is 1. The van der Waals surface area contributed by atoms with E-state index in [1.54, 1.807) is 6.07 Å². The largest absolute Gasteiger partial charge is 0.364 e. The maximum atomic E-state index is 11.5. The minimum Gasteiger partial charge on any atom is -0.364 e. The Labute approximate surface area is 130 Å². The van der Waals surface area contributed by atoms with Crippen molar-refractivity contribution in [1.82, 2.24) is 15.2 Å². The van der Waals surface area contributed by atoms with Crippen molar-refractivity contribution in [3.8, 4) is 0 Å². The summed E-state index contributed by atoms with van der Waals surface area (Å²) in [4.78, 5) is 15.9. The summed E-state index contributed by atoms with van der Waals surface area (Å²) in [6.07, 6.45) is 0. The molecule has 1 amide bonds. The fraction of sp³-hybridized carbons (Fsp3) is 0.143. The zero-order valence-electron chi connectivity index (χ0n) is 10.9. The van der Waals surface area contributed by atoms with Crippen molar-refractivity contribution in [3.63, 3.8) is 0 Å². The van der Waals surface area contributed by atoms with Crippen LogP contribution in [0.2, 0.25) is 0 Å². The van der Waals surface area contributed by atoms with Gasteiger partial charge in [0, 0.05) is 21.3 Å². The molecule has 0 saturated carbocycles. The lowest BCUT2D eigenvalue weighted by atomic mass is 10.0. The van der Waals surface area contributed by atoms with E-state index in [-0.39, 0.29) is 5.69 Å². The molecule has 2 heterocycles. The number of pyridine rings is 1. The average molecular weight is 380 g/mol. The topological polar surface area (TPSA) is 81.8 Å². The number of primary amides is 1. The van der Waals surface area contributed by atoms with Crippen LogP contribution in [0.4, 0.5) is 0 Å². The summed E-state index contributed by atoms with van der Waals surface area (Å²) in [5.41, 5.74) is 8.99. The molecule has 102 valence electrons. The molecule has 0 fully saturated rings. The number of nitrogens with zero attached hydrogens (tertiary/aromatic N) is 3. The fourth-order valence-electron chi connectivity index (χ4n) is 1.76. The van der Waals surface area contributed by atoms with E-state index in [0.717, 1.165) is 11.4 Å². The number of aromatic nitrogens is 3. The highest BCUT2D eigenvalue weighted by Gasteiger charge is 2.16. The van der Waals surface area contributed by atoms with Gasteiger partial charge in [-0.05, 0) is 25.1 Å². The molecule has 0 aliphatic carbocycles. The maximum absolute atomic E-state index is 11.5. The van der Waals surface area contributed by atoms with Crippen molar-refractivity contribution in [2.24, 2.45) is 5.73 Å². The van der Waals surface area contributed by atoms with Gasteiger partial charge in [-0.3, -0.25) is 9.78 Å². The molecular weight excluding hydrogens is 367 g/mol. The summed E-state index contributed by atoms with van der Waals surface area (Å²) in [6, 6.07) is 7.41. The quantitative estimate of drug-likeness (QED) is 0.652. The van der Waals surface area contributed by atoms with E-state index in [9.17, 15) is 4.79 Å². The summed E-state index contributed by atoms with van der Waals surface area (Å²) in [5, 5.41) is 7.85. The molecule has 0 atom stereocenters. The Morgan fingerprint density at radius 2 is 2.15 bits per heavy atom. The molecule has 2 N–H and O–H groups in total. The number of nitrogens with two attached hydrogens (primary N) is 1. The number of carbonyl (C=O) groups excluding carboxylic acids is 1. The molecular formula is C14H13IN4O. The van der Waals surface area contributed by atoms with E-state index in [4.69, 9.17) is 5.73 Å². The molecule has 0 aromatic carbocycles. The summed E-state index contributed by atoms with van der Waals surface area (Å²) in [6.45, 7) is 5.91. The third-order valence-corrected chi connectivity index (χ3v) is 3.52. The van der Waals surface area contributed by atoms with Gasteiger partial charge in [0.15, 0.2) is 5.69 Å². The summed E-state index contributed by atoms with van der Waals surface area (Å²) < 4.78 is 0.686. The minimum absolute atomic E-state index is 0.118. The van der Waals surface area contributed by atoms with Gasteiger partial charge in [-0.15, -0.1) is 5.10 Å². The Bertz CT molecular complexity index is 685. The Balaban J connectivity index is 2.55. The first-order chi connectivity index (χ1) is 9.52. The Kier molecular flexibility index (Phi) is 4.43. The predicted molar refractivity (Wildman–Crippen MR) is 85.4 cm³/mol. The normalized spacial score (nSPS) is 10.3. The molecule has 2 aromatic heterocycles. The lowest BCUT2D eigenvalue weighted by Crippen LogP contribution is -2.17. The van der Waals surface area contributed by atoms with Crippen molar-refractivity contribution in [1.29, 1.82) is 0 Å². The number of aryl methyl sites for hydroxylation is 1. The minimum atomic E-state index is -0.624. The number of alkyl halides is 1. The van der Waals surface area contributed by atoms with Gasteiger partial charge in [0.1, 0.15) is 0 Å². The van der Waals surface area contributed by atoms with E-state index in [0.29, 0.717) is 21.3 Å². The maximum Gasteiger partial charge on any atom is 0.269 e. The van der Waals surface area contributed by atoms with Gasteiger partial charge in [0.25, 0.3) is 5.91 Å². The number of halogens is 1. The van der Waals surface area contributed by atoms with Crippen molar-refractivity contribution in [2.45, 2.75) is 11.4 Å². The average Bonchev–Trinajstić information content (AvgIpc) is 2.45. The lowest BCUT2D eigenvalue weighted by molar-refractivity contribution is 0.0994. The van der Waals surface area contributed by atoms with Gasteiger partial charge >= 0.3 is 0 Å². The molecule has 0 unspecified atom stereocenters. The van der Waals surface area contributed by atoms with Crippen LogP contribution in [0, 0.1) is 6.92 Å². The highest BCUT2D eigenvalue weighted by molar-refractivity contribution is 14.1. The first-order valence-corrected chi connectivity index (χ1v) is 7.41. The Morgan fingerprint density at radius 3 is 2.75 bits per heavy atom. The van der Waals surface area contributed by atoms with E-state index >= 15 is 0 Å². The summed E-state index contributed by atoms with van der Waals surface area (Å²) >= 11 is 2.18. The van der Waals surface area contributed by atoms with Gasteiger partial charge < -0.3 is 5.73 Å². The van der Waals surface area contributed by atoms with Gasteiger partial charge in [-0.1, -0.05) is 35.2 Å². The monoisotopic (exact) mass is 380 g/mol. The molecule has 20 heavy (non-hydrogen) atoms. The highest BCUT2D eigenvalue weighted by atomic mass is 127. The molecule has 0 aliphatic heterocycles. The summed E-state index contributed by atoms with van der Waals surface area (Å²) in [7, 11) is 0. The Hall–Kier alpha value is -1.83. The summed E-state index contributed by atoms with van der Waals surface area (Å²) in [5.74, 6) is -0.624.